The minimum atomic E-state index is 0.131. The zero-order chi connectivity index (χ0) is 14.7. The third kappa shape index (κ3) is 2.97. The van der Waals surface area contributed by atoms with Crippen molar-refractivity contribution in [3.63, 3.8) is 0 Å². The molecule has 0 N–H and O–H groups in total. The highest BCUT2D eigenvalue weighted by molar-refractivity contribution is 5.97. The maximum atomic E-state index is 11.9. The lowest BCUT2D eigenvalue weighted by molar-refractivity contribution is -0.117. The van der Waals surface area contributed by atoms with Gasteiger partial charge >= 0.3 is 0 Å². The number of rotatable bonds is 4. The molecular weight excluding hydrogens is 248 g/mol. The summed E-state index contributed by atoms with van der Waals surface area (Å²) < 4.78 is 0. The Hall–Kier alpha value is -1.51. The van der Waals surface area contributed by atoms with Crippen LogP contribution in [0.4, 0.5) is 11.4 Å². The molecule has 20 heavy (non-hydrogen) atoms. The first-order chi connectivity index (χ1) is 9.54. The Labute approximate surface area is 122 Å². The first-order valence-electron chi connectivity index (χ1n) is 7.68. The predicted molar refractivity (Wildman–Crippen MR) is 85.3 cm³/mol. The van der Waals surface area contributed by atoms with Crippen LogP contribution in [0, 0.1) is 5.92 Å². The molecule has 1 aliphatic heterocycles. The monoisotopic (exact) mass is 274 g/mol. The molecule has 110 valence electrons. The van der Waals surface area contributed by atoms with Crippen molar-refractivity contribution in [3.05, 3.63) is 24.3 Å². The van der Waals surface area contributed by atoms with Gasteiger partial charge in [-0.15, -0.1) is 0 Å². The van der Waals surface area contributed by atoms with Gasteiger partial charge in [-0.3, -0.25) is 4.79 Å². The minimum Gasteiger partial charge on any atom is -0.368 e. The Kier molecular flexibility index (Phi) is 4.69. The standard InChI is InChI=1S/C17H26N2O/c1-5-8-13(2)11-18-12-14(3)19(15(4)20)17-10-7-6-9-16(17)18/h6-7,9-10,13-14H,5,8,11-12H2,1-4H3/t13-,14+/m1/s1. The lowest BCUT2D eigenvalue weighted by Gasteiger charge is -2.42. The summed E-state index contributed by atoms with van der Waals surface area (Å²) in [6, 6.07) is 8.50. The summed E-state index contributed by atoms with van der Waals surface area (Å²) in [5.41, 5.74) is 2.26. The summed E-state index contributed by atoms with van der Waals surface area (Å²) in [5.74, 6) is 0.815. The van der Waals surface area contributed by atoms with E-state index in [-0.39, 0.29) is 11.9 Å². The van der Waals surface area contributed by atoms with Crippen molar-refractivity contribution >= 4 is 17.3 Å². The molecule has 0 aliphatic carbocycles. The molecule has 0 fully saturated rings. The van der Waals surface area contributed by atoms with Crippen LogP contribution in [0.2, 0.25) is 0 Å². The van der Waals surface area contributed by atoms with Gasteiger partial charge in [0.15, 0.2) is 0 Å². The van der Waals surface area contributed by atoms with Gasteiger partial charge in [0.1, 0.15) is 0 Å². The van der Waals surface area contributed by atoms with E-state index in [0.717, 1.165) is 18.8 Å². The van der Waals surface area contributed by atoms with Crippen molar-refractivity contribution in [2.75, 3.05) is 22.9 Å². The fourth-order valence-corrected chi connectivity index (χ4v) is 3.28. The van der Waals surface area contributed by atoms with Gasteiger partial charge in [0.05, 0.1) is 17.4 Å². The Morgan fingerprint density at radius 2 is 2.00 bits per heavy atom. The molecule has 2 rings (SSSR count). The third-order valence-electron chi connectivity index (χ3n) is 4.06. The number of benzene rings is 1. The second-order valence-electron chi connectivity index (χ2n) is 6.03. The summed E-state index contributed by atoms with van der Waals surface area (Å²) in [5, 5.41) is 0. The van der Waals surface area contributed by atoms with Crippen LogP contribution in [0.1, 0.15) is 40.5 Å². The van der Waals surface area contributed by atoms with E-state index in [1.165, 1.54) is 18.5 Å². The first-order valence-corrected chi connectivity index (χ1v) is 7.68. The van der Waals surface area contributed by atoms with Crippen molar-refractivity contribution in [1.29, 1.82) is 0 Å². The molecular formula is C17H26N2O. The van der Waals surface area contributed by atoms with Crippen LogP contribution in [0.15, 0.2) is 24.3 Å². The van der Waals surface area contributed by atoms with E-state index in [1.54, 1.807) is 6.92 Å². The number of anilines is 2. The quantitative estimate of drug-likeness (QED) is 0.836. The molecule has 0 bridgehead atoms. The van der Waals surface area contributed by atoms with Crippen molar-refractivity contribution in [3.8, 4) is 0 Å². The lowest BCUT2D eigenvalue weighted by Crippen LogP contribution is -2.50. The van der Waals surface area contributed by atoms with Gasteiger partial charge in [-0.25, -0.2) is 0 Å². The van der Waals surface area contributed by atoms with Crippen LogP contribution in [-0.2, 0) is 4.79 Å². The van der Waals surface area contributed by atoms with Crippen LogP contribution >= 0.6 is 0 Å². The molecule has 0 saturated heterocycles. The van der Waals surface area contributed by atoms with E-state index in [9.17, 15) is 4.79 Å². The molecule has 0 aromatic heterocycles. The normalized spacial score (nSPS) is 19.7. The average Bonchev–Trinajstić information content (AvgIpc) is 2.38. The van der Waals surface area contributed by atoms with Gasteiger partial charge in [-0.1, -0.05) is 32.4 Å². The maximum absolute atomic E-state index is 11.9. The topological polar surface area (TPSA) is 23.6 Å². The SMILES string of the molecule is CCC[C@@H](C)CN1C[C@H](C)N(C(C)=O)c2ccccc21. The van der Waals surface area contributed by atoms with Crippen molar-refractivity contribution in [2.45, 2.75) is 46.6 Å². The van der Waals surface area contributed by atoms with Crippen LogP contribution in [0.3, 0.4) is 0 Å². The Morgan fingerprint density at radius 3 is 2.60 bits per heavy atom. The number of amides is 1. The van der Waals surface area contributed by atoms with E-state index in [0.29, 0.717) is 5.92 Å². The molecule has 1 aromatic rings. The van der Waals surface area contributed by atoms with Crippen LogP contribution in [-0.4, -0.2) is 25.0 Å². The number of carbonyl (C=O) groups excluding carboxylic acids is 1. The second kappa shape index (κ2) is 6.29. The van der Waals surface area contributed by atoms with E-state index >= 15 is 0 Å². The third-order valence-corrected chi connectivity index (χ3v) is 4.06. The maximum Gasteiger partial charge on any atom is 0.224 e. The molecule has 1 aliphatic rings. The van der Waals surface area contributed by atoms with Gasteiger partial charge in [0.25, 0.3) is 0 Å². The highest BCUT2D eigenvalue weighted by Gasteiger charge is 2.30. The van der Waals surface area contributed by atoms with Crippen molar-refractivity contribution < 1.29 is 4.79 Å². The molecule has 3 nitrogen and oxygen atoms in total. The second-order valence-corrected chi connectivity index (χ2v) is 6.03. The predicted octanol–water partition coefficient (Wildman–Crippen LogP) is 3.68. The average molecular weight is 274 g/mol. The minimum absolute atomic E-state index is 0.131. The molecule has 0 spiro atoms. The number of carbonyl (C=O) groups is 1. The van der Waals surface area contributed by atoms with E-state index in [1.807, 2.05) is 11.0 Å². The fourth-order valence-electron chi connectivity index (χ4n) is 3.28. The largest absolute Gasteiger partial charge is 0.368 e. The Balaban J connectivity index is 2.28. The smallest absolute Gasteiger partial charge is 0.224 e. The molecule has 3 heteroatoms. The van der Waals surface area contributed by atoms with Crippen LogP contribution in [0.25, 0.3) is 0 Å². The zero-order valence-corrected chi connectivity index (χ0v) is 13.1. The van der Waals surface area contributed by atoms with E-state index < -0.39 is 0 Å². The summed E-state index contributed by atoms with van der Waals surface area (Å²) in [6.07, 6.45) is 2.48. The highest BCUT2D eigenvalue weighted by Crippen LogP contribution is 2.35. The summed E-state index contributed by atoms with van der Waals surface area (Å²) in [4.78, 5) is 16.3. The highest BCUT2D eigenvalue weighted by atomic mass is 16.2. The zero-order valence-electron chi connectivity index (χ0n) is 13.1. The van der Waals surface area contributed by atoms with Gasteiger partial charge in [0.2, 0.25) is 5.91 Å². The Morgan fingerprint density at radius 1 is 1.35 bits per heavy atom. The molecule has 0 unspecified atom stereocenters. The van der Waals surface area contributed by atoms with Gasteiger partial charge in [0, 0.05) is 20.0 Å². The number of fused-ring (bicyclic) bond motifs is 1. The number of hydrogen-bond acceptors (Lipinski definition) is 2. The van der Waals surface area contributed by atoms with Gasteiger partial charge < -0.3 is 9.80 Å². The van der Waals surface area contributed by atoms with Crippen LogP contribution < -0.4 is 9.80 Å². The lowest BCUT2D eigenvalue weighted by atomic mass is 10.0. The number of para-hydroxylation sites is 2. The van der Waals surface area contributed by atoms with E-state index in [4.69, 9.17) is 0 Å². The summed E-state index contributed by atoms with van der Waals surface area (Å²) in [7, 11) is 0. The first kappa shape index (κ1) is 14.9. The van der Waals surface area contributed by atoms with E-state index in [2.05, 4.69) is 43.9 Å². The molecule has 2 atom stereocenters. The van der Waals surface area contributed by atoms with Crippen molar-refractivity contribution in [2.24, 2.45) is 5.92 Å². The summed E-state index contributed by atoms with van der Waals surface area (Å²) >= 11 is 0. The van der Waals surface area contributed by atoms with Crippen LogP contribution in [0.5, 0.6) is 0 Å². The molecule has 0 saturated carbocycles. The van der Waals surface area contributed by atoms with Gasteiger partial charge in [-0.05, 0) is 31.4 Å². The van der Waals surface area contributed by atoms with Gasteiger partial charge in [-0.2, -0.15) is 0 Å². The Bertz CT molecular complexity index is 472. The number of hydrogen-bond donors (Lipinski definition) is 0. The van der Waals surface area contributed by atoms with Crippen molar-refractivity contribution in [1.82, 2.24) is 0 Å². The molecule has 1 heterocycles. The summed E-state index contributed by atoms with van der Waals surface area (Å²) in [6.45, 7) is 10.3. The molecule has 1 amide bonds. The number of nitrogens with zero attached hydrogens (tertiary/aromatic N) is 2. The fraction of sp³-hybridized carbons (Fsp3) is 0.588. The molecule has 0 radical (unpaired) electrons. The molecule has 1 aromatic carbocycles.